The number of fused-ring (bicyclic) bond motifs is 1. The van der Waals surface area contributed by atoms with E-state index in [0.29, 0.717) is 6.42 Å². The van der Waals surface area contributed by atoms with Gasteiger partial charge in [0.25, 0.3) is 0 Å². The standard InChI is InChI=1S/C13H12O3/c14-13(15)8-4-1-5-10-9-16-12-7-3-2-6-11(10)12/h2-4,6-9H,1,5H2,(H,14,15)/b8-4+. The Morgan fingerprint density at radius 3 is 3.00 bits per heavy atom. The Morgan fingerprint density at radius 1 is 1.38 bits per heavy atom. The molecule has 0 radical (unpaired) electrons. The maximum Gasteiger partial charge on any atom is 0.327 e. The first-order valence-corrected chi connectivity index (χ1v) is 5.12. The zero-order valence-corrected chi connectivity index (χ0v) is 8.72. The molecular formula is C13H12O3. The molecule has 82 valence electrons. The highest BCUT2D eigenvalue weighted by molar-refractivity contribution is 5.81. The minimum atomic E-state index is -0.906. The van der Waals surface area contributed by atoms with Crippen molar-refractivity contribution in [2.75, 3.05) is 0 Å². The number of aryl methyl sites for hydroxylation is 1. The van der Waals surface area contributed by atoms with E-state index in [0.717, 1.165) is 23.0 Å². The number of aliphatic carboxylic acids is 1. The number of para-hydroxylation sites is 1. The second kappa shape index (κ2) is 4.66. The van der Waals surface area contributed by atoms with Crippen LogP contribution in [-0.4, -0.2) is 11.1 Å². The molecule has 2 aromatic rings. The lowest BCUT2D eigenvalue weighted by molar-refractivity contribution is -0.131. The number of allylic oxidation sites excluding steroid dienone is 1. The van der Waals surface area contributed by atoms with Gasteiger partial charge < -0.3 is 9.52 Å². The number of furan rings is 1. The Labute approximate surface area is 93.0 Å². The SMILES string of the molecule is O=C(O)/C=C/CCc1coc2ccccc12. The molecule has 0 saturated heterocycles. The van der Waals surface area contributed by atoms with Crippen LogP contribution in [0.25, 0.3) is 11.0 Å². The summed E-state index contributed by atoms with van der Waals surface area (Å²) in [5.41, 5.74) is 1.99. The van der Waals surface area contributed by atoms with E-state index in [2.05, 4.69) is 0 Å². The van der Waals surface area contributed by atoms with Crippen LogP contribution < -0.4 is 0 Å². The first-order valence-electron chi connectivity index (χ1n) is 5.12. The molecule has 0 fully saturated rings. The van der Waals surface area contributed by atoms with Crippen LogP contribution in [-0.2, 0) is 11.2 Å². The van der Waals surface area contributed by atoms with Crippen molar-refractivity contribution < 1.29 is 14.3 Å². The number of hydrogen-bond acceptors (Lipinski definition) is 2. The lowest BCUT2D eigenvalue weighted by atomic mass is 10.1. The van der Waals surface area contributed by atoms with E-state index in [1.165, 1.54) is 6.08 Å². The highest BCUT2D eigenvalue weighted by Crippen LogP contribution is 2.21. The van der Waals surface area contributed by atoms with Gasteiger partial charge in [0.15, 0.2) is 0 Å². The molecule has 0 spiro atoms. The van der Waals surface area contributed by atoms with Crippen molar-refractivity contribution in [1.29, 1.82) is 0 Å². The predicted octanol–water partition coefficient (Wildman–Crippen LogP) is 3.01. The summed E-state index contributed by atoms with van der Waals surface area (Å²) in [5, 5.41) is 9.54. The highest BCUT2D eigenvalue weighted by Gasteiger charge is 2.03. The van der Waals surface area contributed by atoms with Crippen LogP contribution in [0.15, 0.2) is 47.1 Å². The lowest BCUT2D eigenvalue weighted by Crippen LogP contribution is -1.86. The Balaban J connectivity index is 2.07. The van der Waals surface area contributed by atoms with E-state index in [-0.39, 0.29) is 0 Å². The fourth-order valence-corrected chi connectivity index (χ4v) is 1.65. The zero-order valence-electron chi connectivity index (χ0n) is 8.72. The summed E-state index contributed by atoms with van der Waals surface area (Å²) in [6.45, 7) is 0. The van der Waals surface area contributed by atoms with Gasteiger partial charge in [0.05, 0.1) is 6.26 Å². The molecule has 0 amide bonds. The Kier molecular flexibility index (Phi) is 3.05. The molecule has 0 aliphatic heterocycles. The van der Waals surface area contributed by atoms with Crippen LogP contribution in [0.3, 0.4) is 0 Å². The summed E-state index contributed by atoms with van der Waals surface area (Å²) >= 11 is 0. The third kappa shape index (κ3) is 2.31. The maximum atomic E-state index is 10.3. The van der Waals surface area contributed by atoms with Crippen LogP contribution in [0, 0.1) is 0 Å². The molecule has 1 aromatic carbocycles. The molecule has 2 rings (SSSR count). The minimum Gasteiger partial charge on any atom is -0.478 e. The first kappa shape index (κ1) is 10.5. The Hall–Kier alpha value is -2.03. The fourth-order valence-electron chi connectivity index (χ4n) is 1.65. The van der Waals surface area contributed by atoms with Crippen LogP contribution in [0.4, 0.5) is 0 Å². The molecule has 0 atom stereocenters. The number of rotatable bonds is 4. The molecule has 3 heteroatoms. The van der Waals surface area contributed by atoms with Crippen LogP contribution >= 0.6 is 0 Å². The molecule has 0 aliphatic rings. The zero-order chi connectivity index (χ0) is 11.4. The molecule has 3 nitrogen and oxygen atoms in total. The molecule has 1 heterocycles. The van der Waals surface area contributed by atoms with Gasteiger partial charge in [-0.2, -0.15) is 0 Å². The third-order valence-electron chi connectivity index (χ3n) is 2.40. The molecule has 16 heavy (non-hydrogen) atoms. The van der Waals surface area contributed by atoms with Crippen molar-refractivity contribution in [2.24, 2.45) is 0 Å². The Bertz CT molecular complexity index is 523. The summed E-state index contributed by atoms with van der Waals surface area (Å²) in [5.74, 6) is -0.906. The van der Waals surface area contributed by atoms with E-state index in [4.69, 9.17) is 9.52 Å². The third-order valence-corrected chi connectivity index (χ3v) is 2.40. The van der Waals surface area contributed by atoms with Gasteiger partial charge in [-0.3, -0.25) is 0 Å². The van der Waals surface area contributed by atoms with Crippen molar-refractivity contribution in [3.05, 3.63) is 48.2 Å². The monoisotopic (exact) mass is 216 g/mol. The predicted molar refractivity (Wildman–Crippen MR) is 61.3 cm³/mol. The van der Waals surface area contributed by atoms with Gasteiger partial charge >= 0.3 is 5.97 Å². The molecule has 0 aliphatic carbocycles. The summed E-state index contributed by atoms with van der Waals surface area (Å²) in [7, 11) is 0. The molecule has 0 saturated carbocycles. The number of carboxylic acid groups (broad SMARTS) is 1. The molecular weight excluding hydrogens is 204 g/mol. The molecule has 1 N–H and O–H groups in total. The number of hydrogen-bond donors (Lipinski definition) is 1. The second-order valence-corrected chi connectivity index (χ2v) is 3.54. The Morgan fingerprint density at radius 2 is 2.19 bits per heavy atom. The van der Waals surface area contributed by atoms with Crippen molar-refractivity contribution in [3.63, 3.8) is 0 Å². The van der Waals surface area contributed by atoms with Gasteiger partial charge in [-0.05, 0) is 24.5 Å². The number of carbonyl (C=O) groups is 1. The normalized spacial score (nSPS) is 11.2. The molecule has 0 bridgehead atoms. The van der Waals surface area contributed by atoms with Crippen molar-refractivity contribution in [2.45, 2.75) is 12.8 Å². The topological polar surface area (TPSA) is 50.4 Å². The molecule has 1 aromatic heterocycles. The lowest BCUT2D eigenvalue weighted by Gasteiger charge is -1.93. The largest absolute Gasteiger partial charge is 0.478 e. The summed E-state index contributed by atoms with van der Waals surface area (Å²) < 4.78 is 5.39. The van der Waals surface area contributed by atoms with E-state index in [9.17, 15) is 4.79 Å². The van der Waals surface area contributed by atoms with Crippen molar-refractivity contribution in [1.82, 2.24) is 0 Å². The van der Waals surface area contributed by atoms with E-state index in [1.807, 2.05) is 24.3 Å². The summed E-state index contributed by atoms with van der Waals surface area (Å²) in [6.07, 6.45) is 6.06. The average molecular weight is 216 g/mol. The smallest absolute Gasteiger partial charge is 0.327 e. The maximum absolute atomic E-state index is 10.3. The number of benzene rings is 1. The first-order chi connectivity index (χ1) is 7.77. The van der Waals surface area contributed by atoms with Gasteiger partial charge in [-0.1, -0.05) is 24.3 Å². The van der Waals surface area contributed by atoms with Gasteiger partial charge in [-0.15, -0.1) is 0 Å². The second-order valence-electron chi connectivity index (χ2n) is 3.54. The van der Waals surface area contributed by atoms with Crippen LogP contribution in [0.5, 0.6) is 0 Å². The van der Waals surface area contributed by atoms with Crippen molar-refractivity contribution >= 4 is 16.9 Å². The van der Waals surface area contributed by atoms with Crippen LogP contribution in [0.2, 0.25) is 0 Å². The van der Waals surface area contributed by atoms with Crippen molar-refractivity contribution in [3.8, 4) is 0 Å². The van der Waals surface area contributed by atoms with E-state index in [1.54, 1.807) is 12.3 Å². The van der Waals surface area contributed by atoms with Gasteiger partial charge in [0, 0.05) is 11.5 Å². The summed E-state index contributed by atoms with van der Waals surface area (Å²) in [4.78, 5) is 10.3. The van der Waals surface area contributed by atoms with Crippen LogP contribution in [0.1, 0.15) is 12.0 Å². The number of carboxylic acids is 1. The van der Waals surface area contributed by atoms with Gasteiger partial charge in [-0.25, -0.2) is 4.79 Å². The highest BCUT2D eigenvalue weighted by atomic mass is 16.4. The van der Waals surface area contributed by atoms with E-state index >= 15 is 0 Å². The fraction of sp³-hybridized carbons (Fsp3) is 0.154. The van der Waals surface area contributed by atoms with Gasteiger partial charge in [0.2, 0.25) is 0 Å². The van der Waals surface area contributed by atoms with Gasteiger partial charge in [0.1, 0.15) is 5.58 Å². The summed E-state index contributed by atoms with van der Waals surface area (Å²) in [6, 6.07) is 7.83. The average Bonchev–Trinajstić information content (AvgIpc) is 2.68. The quantitative estimate of drug-likeness (QED) is 0.799. The minimum absolute atomic E-state index is 0.704. The molecule has 0 unspecified atom stereocenters. The van der Waals surface area contributed by atoms with E-state index < -0.39 is 5.97 Å².